The first-order valence-corrected chi connectivity index (χ1v) is 5.30. The predicted molar refractivity (Wildman–Crippen MR) is 68.1 cm³/mol. The van der Waals surface area contributed by atoms with Crippen molar-refractivity contribution in [3.05, 3.63) is 60.2 Å². The minimum absolute atomic E-state index is 0.797. The maximum Gasteiger partial charge on any atom is 0.139 e. The molecule has 0 bridgehead atoms. The first-order valence-electron chi connectivity index (χ1n) is 5.30. The van der Waals surface area contributed by atoms with Gasteiger partial charge in [0.05, 0.1) is 0 Å². The van der Waals surface area contributed by atoms with Crippen LogP contribution in [0.1, 0.15) is 18.1 Å². The van der Waals surface area contributed by atoms with Crippen LogP contribution in [0.25, 0.3) is 0 Å². The van der Waals surface area contributed by atoms with Gasteiger partial charge in [0.2, 0.25) is 0 Å². The Balaban J connectivity index is 2.83. The quantitative estimate of drug-likeness (QED) is 0.586. The summed E-state index contributed by atoms with van der Waals surface area (Å²) < 4.78 is 0. The highest BCUT2D eigenvalue weighted by Crippen LogP contribution is 2.18. The Morgan fingerprint density at radius 3 is 2.44 bits per heavy atom. The van der Waals surface area contributed by atoms with Crippen molar-refractivity contribution in [2.75, 3.05) is 7.05 Å². The Morgan fingerprint density at radius 2 is 2.00 bits per heavy atom. The van der Waals surface area contributed by atoms with Crippen molar-refractivity contribution >= 4 is 0 Å². The minimum Gasteiger partial charge on any atom is -0.372 e. The average Bonchev–Trinajstić information content (AvgIpc) is 2.29. The molecule has 1 unspecified atom stereocenters. The summed E-state index contributed by atoms with van der Waals surface area (Å²) in [6, 6.07) is 7.83. The third kappa shape index (κ3) is 3.05. The molecule has 0 saturated carbocycles. The van der Waals surface area contributed by atoms with Gasteiger partial charge in [0, 0.05) is 0 Å². The van der Waals surface area contributed by atoms with Crippen molar-refractivity contribution in [2.24, 2.45) is 0 Å². The molecular weight excluding hydrogens is 198 g/mol. The fourth-order valence-corrected chi connectivity index (χ4v) is 1.43. The van der Waals surface area contributed by atoms with Gasteiger partial charge in [-0.15, -0.1) is 0 Å². The second-order valence-electron chi connectivity index (χ2n) is 4.06. The second kappa shape index (κ2) is 5.10. The predicted octanol–water partition coefficient (Wildman–Crippen LogP) is 2.36. The molecule has 2 heteroatoms. The van der Waals surface area contributed by atoms with Crippen LogP contribution < -0.4 is 5.32 Å². The van der Waals surface area contributed by atoms with Crippen molar-refractivity contribution in [3.8, 4) is 0 Å². The number of hydrogen-bond acceptors (Lipinski definition) is 2. The number of hydrogen-bond donors (Lipinski definition) is 2. The number of nitrogens with one attached hydrogen (secondary N) is 1. The normalized spacial score (nSPS) is 14.2. The molecule has 2 N–H and O–H groups in total. The lowest BCUT2D eigenvalue weighted by Crippen LogP contribution is -2.36. The van der Waals surface area contributed by atoms with Crippen LogP contribution in [0.15, 0.2) is 49.1 Å². The van der Waals surface area contributed by atoms with E-state index in [1.54, 1.807) is 20.0 Å². The van der Waals surface area contributed by atoms with E-state index in [-0.39, 0.29) is 0 Å². The molecule has 0 saturated heterocycles. The molecule has 0 aliphatic carbocycles. The standard InChI is InChI=1S/C14H19NO/c1-5-11(2)10-12-6-8-13(9-7-12)14(3,16)15-4/h5-9,15-16H,1-2,10H2,3-4H3. The van der Waals surface area contributed by atoms with Crippen LogP contribution in [0.5, 0.6) is 0 Å². The lowest BCUT2D eigenvalue weighted by Gasteiger charge is -2.23. The molecule has 1 atom stereocenters. The van der Waals surface area contributed by atoms with E-state index in [4.69, 9.17) is 0 Å². The molecule has 0 aliphatic rings. The first kappa shape index (κ1) is 12.7. The van der Waals surface area contributed by atoms with E-state index < -0.39 is 5.72 Å². The van der Waals surface area contributed by atoms with Crippen molar-refractivity contribution in [1.29, 1.82) is 0 Å². The van der Waals surface area contributed by atoms with Crippen LogP contribution in [0, 0.1) is 0 Å². The molecule has 1 aromatic carbocycles. The maximum atomic E-state index is 9.97. The molecule has 86 valence electrons. The van der Waals surface area contributed by atoms with E-state index >= 15 is 0 Å². The number of aliphatic hydroxyl groups is 1. The van der Waals surface area contributed by atoms with Crippen LogP contribution in [0.4, 0.5) is 0 Å². The van der Waals surface area contributed by atoms with Gasteiger partial charge in [0.25, 0.3) is 0 Å². The summed E-state index contributed by atoms with van der Waals surface area (Å²) in [6.07, 6.45) is 2.56. The fraction of sp³-hybridized carbons (Fsp3) is 0.286. The molecule has 0 aromatic heterocycles. The summed E-state index contributed by atoms with van der Waals surface area (Å²) in [5, 5.41) is 12.8. The Morgan fingerprint density at radius 1 is 1.44 bits per heavy atom. The van der Waals surface area contributed by atoms with Gasteiger partial charge < -0.3 is 5.11 Å². The summed E-state index contributed by atoms with van der Waals surface area (Å²) in [7, 11) is 1.73. The Bertz CT molecular complexity index is 376. The molecule has 0 aliphatic heterocycles. The summed E-state index contributed by atoms with van der Waals surface area (Å²) in [6.45, 7) is 9.28. The van der Waals surface area contributed by atoms with Gasteiger partial charge in [0.1, 0.15) is 5.72 Å². The molecule has 16 heavy (non-hydrogen) atoms. The Labute approximate surface area is 97.3 Å². The molecule has 0 radical (unpaired) electrons. The van der Waals surface area contributed by atoms with E-state index in [1.807, 2.05) is 24.3 Å². The van der Waals surface area contributed by atoms with Crippen molar-refractivity contribution < 1.29 is 5.11 Å². The zero-order chi connectivity index (χ0) is 12.2. The molecular formula is C14H19NO. The largest absolute Gasteiger partial charge is 0.372 e. The van der Waals surface area contributed by atoms with Crippen LogP contribution in [0.3, 0.4) is 0 Å². The maximum absolute atomic E-state index is 9.97. The second-order valence-corrected chi connectivity index (χ2v) is 4.06. The highest BCUT2D eigenvalue weighted by molar-refractivity contribution is 5.30. The van der Waals surface area contributed by atoms with Crippen LogP contribution >= 0.6 is 0 Å². The minimum atomic E-state index is -0.978. The first-order chi connectivity index (χ1) is 7.49. The molecule has 2 nitrogen and oxygen atoms in total. The van der Waals surface area contributed by atoms with Gasteiger partial charge >= 0.3 is 0 Å². The van der Waals surface area contributed by atoms with Gasteiger partial charge in [-0.25, -0.2) is 0 Å². The summed E-state index contributed by atoms with van der Waals surface area (Å²) >= 11 is 0. The molecule has 1 aromatic rings. The highest BCUT2D eigenvalue weighted by atomic mass is 16.3. The number of benzene rings is 1. The topological polar surface area (TPSA) is 32.3 Å². The van der Waals surface area contributed by atoms with E-state index in [0.29, 0.717) is 0 Å². The summed E-state index contributed by atoms with van der Waals surface area (Å²) in [5.74, 6) is 0. The van der Waals surface area contributed by atoms with Crippen molar-refractivity contribution in [2.45, 2.75) is 19.1 Å². The van der Waals surface area contributed by atoms with Gasteiger partial charge in [-0.3, -0.25) is 5.32 Å². The Hall–Kier alpha value is -1.38. The molecule has 0 heterocycles. The van der Waals surface area contributed by atoms with Crippen molar-refractivity contribution in [1.82, 2.24) is 5.32 Å². The van der Waals surface area contributed by atoms with Gasteiger partial charge in [-0.05, 0) is 31.5 Å². The highest BCUT2D eigenvalue weighted by Gasteiger charge is 2.19. The van der Waals surface area contributed by atoms with Crippen LogP contribution in [0.2, 0.25) is 0 Å². The average molecular weight is 217 g/mol. The van der Waals surface area contributed by atoms with E-state index in [1.165, 1.54) is 5.56 Å². The lowest BCUT2D eigenvalue weighted by molar-refractivity contribution is 0.0282. The fourth-order valence-electron chi connectivity index (χ4n) is 1.43. The van der Waals surface area contributed by atoms with E-state index in [9.17, 15) is 5.11 Å². The smallest absolute Gasteiger partial charge is 0.139 e. The van der Waals surface area contributed by atoms with Gasteiger partial charge in [-0.2, -0.15) is 0 Å². The van der Waals surface area contributed by atoms with Crippen LogP contribution in [-0.2, 0) is 12.1 Å². The van der Waals surface area contributed by atoms with Crippen LogP contribution in [-0.4, -0.2) is 12.2 Å². The van der Waals surface area contributed by atoms with Crippen molar-refractivity contribution in [3.63, 3.8) is 0 Å². The van der Waals surface area contributed by atoms with Gasteiger partial charge in [0.15, 0.2) is 0 Å². The summed E-state index contributed by atoms with van der Waals surface area (Å²) in [5.41, 5.74) is 2.03. The summed E-state index contributed by atoms with van der Waals surface area (Å²) in [4.78, 5) is 0. The zero-order valence-electron chi connectivity index (χ0n) is 9.96. The number of allylic oxidation sites excluding steroid dienone is 2. The molecule has 0 fully saturated rings. The lowest BCUT2D eigenvalue weighted by atomic mass is 10.00. The monoisotopic (exact) mass is 217 g/mol. The Kier molecular flexibility index (Phi) is 4.05. The van der Waals surface area contributed by atoms with E-state index in [0.717, 1.165) is 17.6 Å². The molecule has 0 amide bonds. The third-order valence-electron chi connectivity index (χ3n) is 2.72. The number of rotatable bonds is 5. The van der Waals surface area contributed by atoms with Gasteiger partial charge in [-0.1, -0.05) is 49.1 Å². The SMILES string of the molecule is C=CC(=C)Cc1ccc(C(C)(O)NC)cc1. The van der Waals surface area contributed by atoms with E-state index in [2.05, 4.69) is 18.5 Å². The zero-order valence-corrected chi connectivity index (χ0v) is 9.96. The molecule has 1 rings (SSSR count). The molecule has 0 spiro atoms. The third-order valence-corrected chi connectivity index (χ3v) is 2.72.